The van der Waals surface area contributed by atoms with Crippen LogP contribution in [0.4, 0.5) is 0 Å². The highest BCUT2D eigenvalue weighted by Crippen LogP contribution is 2.27. The molecule has 0 bridgehead atoms. The monoisotopic (exact) mass is 387 g/mol. The minimum absolute atomic E-state index is 0.466. The van der Waals surface area contributed by atoms with Gasteiger partial charge in [-0.05, 0) is 41.0 Å². The van der Waals surface area contributed by atoms with E-state index in [0.717, 1.165) is 23.2 Å². The van der Waals surface area contributed by atoms with Crippen molar-refractivity contribution in [1.82, 2.24) is 30.0 Å². The van der Waals surface area contributed by atoms with Crippen molar-refractivity contribution in [3.8, 4) is 23.1 Å². The molecule has 0 spiro atoms. The Labute approximate surface area is 167 Å². The molecule has 0 saturated heterocycles. The predicted octanol–water partition coefficient (Wildman–Crippen LogP) is 3.30. The number of aryl methyl sites for hydroxylation is 1. The minimum atomic E-state index is 0.466. The van der Waals surface area contributed by atoms with Gasteiger partial charge in [-0.3, -0.25) is 0 Å². The Hall–Kier alpha value is -3.44. The highest BCUT2D eigenvalue weighted by Gasteiger charge is 2.16. The summed E-state index contributed by atoms with van der Waals surface area (Å²) in [6.07, 6.45) is 2.61. The van der Waals surface area contributed by atoms with Gasteiger partial charge in [0.25, 0.3) is 0 Å². The van der Waals surface area contributed by atoms with E-state index in [1.807, 2.05) is 30.3 Å². The molecule has 0 fully saturated rings. The second-order valence-electron chi connectivity index (χ2n) is 6.23. The molecule has 2 aromatic carbocycles. The van der Waals surface area contributed by atoms with E-state index in [-0.39, 0.29) is 0 Å². The third-order valence-corrected chi connectivity index (χ3v) is 4.88. The smallest absolute Gasteiger partial charge is 0.209 e. The first-order valence-electron chi connectivity index (χ1n) is 8.82. The van der Waals surface area contributed by atoms with Crippen LogP contribution in [0.3, 0.4) is 0 Å². The Kier molecular flexibility index (Phi) is 4.91. The van der Waals surface area contributed by atoms with Crippen molar-refractivity contribution in [2.24, 2.45) is 0 Å². The maximum absolute atomic E-state index is 8.89. The van der Waals surface area contributed by atoms with Crippen LogP contribution in [-0.4, -0.2) is 30.0 Å². The van der Waals surface area contributed by atoms with Crippen LogP contribution in [0.5, 0.6) is 0 Å². The van der Waals surface area contributed by atoms with Gasteiger partial charge in [-0.2, -0.15) is 15.2 Å². The topological polar surface area (TPSA) is 85.2 Å². The van der Waals surface area contributed by atoms with Gasteiger partial charge in [0.15, 0.2) is 0 Å². The van der Waals surface area contributed by atoms with Crippen LogP contribution in [0.1, 0.15) is 23.6 Å². The summed E-state index contributed by atoms with van der Waals surface area (Å²) in [4.78, 5) is 1.52. The lowest BCUT2D eigenvalue weighted by molar-refractivity contribution is 0.573. The number of thiol groups is 1. The van der Waals surface area contributed by atoms with Crippen molar-refractivity contribution < 1.29 is 0 Å². The number of hydrogen-bond acceptors (Lipinski definition) is 6. The SMILES string of the molecule is CCc1ccccc1-n1ncc(-c2nnn(Cc3ccc(C#N)cc3)n2)c1S. The van der Waals surface area contributed by atoms with E-state index in [1.54, 1.807) is 23.0 Å². The van der Waals surface area contributed by atoms with Gasteiger partial charge in [0.2, 0.25) is 5.82 Å². The summed E-state index contributed by atoms with van der Waals surface area (Å²) >= 11 is 4.65. The summed E-state index contributed by atoms with van der Waals surface area (Å²) in [6, 6.07) is 17.5. The van der Waals surface area contributed by atoms with Crippen LogP contribution in [0.2, 0.25) is 0 Å². The number of nitriles is 1. The fraction of sp³-hybridized carbons (Fsp3) is 0.150. The molecular formula is C20H17N7S. The van der Waals surface area contributed by atoms with Crippen molar-refractivity contribution >= 4 is 12.6 Å². The van der Waals surface area contributed by atoms with Gasteiger partial charge in [-0.25, -0.2) is 4.68 Å². The zero-order valence-corrected chi connectivity index (χ0v) is 16.1. The van der Waals surface area contributed by atoms with Crippen LogP contribution < -0.4 is 0 Å². The van der Waals surface area contributed by atoms with Crippen LogP contribution in [0.15, 0.2) is 59.8 Å². The summed E-state index contributed by atoms with van der Waals surface area (Å²) in [7, 11) is 0. The third-order valence-electron chi connectivity index (χ3n) is 4.45. The van der Waals surface area contributed by atoms with Crippen LogP contribution in [0.25, 0.3) is 17.1 Å². The molecule has 4 rings (SSSR count). The molecule has 4 aromatic rings. The molecule has 28 heavy (non-hydrogen) atoms. The summed E-state index contributed by atoms with van der Waals surface area (Å²) in [5, 5.41) is 26.8. The Bertz CT molecular complexity index is 1150. The lowest BCUT2D eigenvalue weighted by Crippen LogP contribution is -2.04. The Morgan fingerprint density at radius 3 is 2.64 bits per heavy atom. The summed E-state index contributed by atoms with van der Waals surface area (Å²) in [6.45, 7) is 2.57. The number of benzene rings is 2. The molecule has 138 valence electrons. The molecule has 0 unspecified atom stereocenters. The maximum Gasteiger partial charge on any atom is 0.209 e. The zero-order valence-electron chi connectivity index (χ0n) is 15.2. The van der Waals surface area contributed by atoms with E-state index < -0.39 is 0 Å². The molecule has 0 aliphatic heterocycles. The van der Waals surface area contributed by atoms with Gasteiger partial charge >= 0.3 is 0 Å². The first-order valence-corrected chi connectivity index (χ1v) is 9.26. The second-order valence-corrected chi connectivity index (χ2v) is 6.65. The van der Waals surface area contributed by atoms with E-state index >= 15 is 0 Å². The average Bonchev–Trinajstić information content (AvgIpc) is 3.34. The number of rotatable bonds is 5. The van der Waals surface area contributed by atoms with E-state index in [2.05, 4.69) is 52.2 Å². The number of tetrazole rings is 1. The van der Waals surface area contributed by atoms with Gasteiger partial charge in [0, 0.05) is 0 Å². The Balaban J connectivity index is 1.61. The fourth-order valence-corrected chi connectivity index (χ4v) is 3.28. The minimum Gasteiger partial charge on any atom is -0.226 e. The first-order chi connectivity index (χ1) is 13.7. The number of aromatic nitrogens is 6. The van der Waals surface area contributed by atoms with Gasteiger partial charge < -0.3 is 0 Å². The fourth-order valence-electron chi connectivity index (χ4n) is 2.96. The van der Waals surface area contributed by atoms with Crippen LogP contribution in [-0.2, 0) is 13.0 Å². The molecule has 2 heterocycles. The molecule has 0 radical (unpaired) electrons. The van der Waals surface area contributed by atoms with Crippen molar-refractivity contribution in [2.75, 3.05) is 0 Å². The Morgan fingerprint density at radius 1 is 1.11 bits per heavy atom. The second kappa shape index (κ2) is 7.66. The molecule has 0 amide bonds. The quantitative estimate of drug-likeness (QED) is 0.531. The molecule has 0 atom stereocenters. The molecule has 8 heteroatoms. The van der Waals surface area contributed by atoms with E-state index in [0.29, 0.717) is 23.0 Å². The lowest BCUT2D eigenvalue weighted by Gasteiger charge is -2.09. The highest BCUT2D eigenvalue weighted by molar-refractivity contribution is 7.80. The lowest BCUT2D eigenvalue weighted by atomic mass is 10.1. The predicted molar refractivity (Wildman–Crippen MR) is 107 cm³/mol. The van der Waals surface area contributed by atoms with Crippen molar-refractivity contribution in [1.29, 1.82) is 5.26 Å². The van der Waals surface area contributed by atoms with E-state index in [1.165, 1.54) is 10.4 Å². The molecule has 0 saturated carbocycles. The summed E-state index contributed by atoms with van der Waals surface area (Å²) < 4.78 is 1.79. The van der Waals surface area contributed by atoms with Crippen LogP contribution in [0, 0.1) is 11.3 Å². The Morgan fingerprint density at radius 2 is 1.89 bits per heavy atom. The molecule has 2 aromatic heterocycles. The number of nitrogens with zero attached hydrogens (tertiary/aromatic N) is 7. The van der Waals surface area contributed by atoms with Crippen molar-refractivity contribution in [2.45, 2.75) is 24.9 Å². The third kappa shape index (κ3) is 3.40. The van der Waals surface area contributed by atoms with E-state index in [9.17, 15) is 0 Å². The normalized spacial score (nSPS) is 10.8. The van der Waals surface area contributed by atoms with Crippen LogP contribution >= 0.6 is 12.6 Å². The van der Waals surface area contributed by atoms with E-state index in [4.69, 9.17) is 5.26 Å². The number of para-hydroxylation sites is 1. The molecule has 7 nitrogen and oxygen atoms in total. The molecule has 0 aliphatic carbocycles. The number of hydrogen-bond donors (Lipinski definition) is 1. The van der Waals surface area contributed by atoms with Gasteiger partial charge in [0.05, 0.1) is 35.6 Å². The maximum atomic E-state index is 8.89. The van der Waals surface area contributed by atoms with Crippen molar-refractivity contribution in [3.05, 3.63) is 71.4 Å². The zero-order chi connectivity index (χ0) is 19.5. The first kappa shape index (κ1) is 17.9. The molecule has 0 N–H and O–H groups in total. The summed E-state index contributed by atoms with van der Waals surface area (Å²) in [5.74, 6) is 0.471. The molecular weight excluding hydrogens is 370 g/mol. The largest absolute Gasteiger partial charge is 0.226 e. The van der Waals surface area contributed by atoms with Gasteiger partial charge in [-0.15, -0.1) is 22.8 Å². The van der Waals surface area contributed by atoms with Crippen molar-refractivity contribution in [3.63, 3.8) is 0 Å². The van der Waals surface area contributed by atoms with Gasteiger partial charge in [-0.1, -0.05) is 37.3 Å². The standard InChI is InChI=1S/C20H17N7S/c1-2-16-5-3-4-6-18(16)27-20(28)17(12-22-27)19-23-25-26(24-19)13-15-9-7-14(11-21)8-10-15/h3-10,12,28H,2,13H2,1H3. The summed E-state index contributed by atoms with van der Waals surface area (Å²) in [5.41, 5.74) is 4.51. The molecule has 0 aliphatic rings. The highest BCUT2D eigenvalue weighted by atomic mass is 32.1. The van der Waals surface area contributed by atoms with Gasteiger partial charge in [0.1, 0.15) is 5.03 Å². The average molecular weight is 387 g/mol.